The van der Waals surface area contributed by atoms with E-state index in [0.717, 1.165) is 11.4 Å². The van der Waals surface area contributed by atoms with E-state index in [1.807, 2.05) is 43.3 Å². The molecule has 0 fully saturated rings. The summed E-state index contributed by atoms with van der Waals surface area (Å²) in [7, 11) is 0. The molecule has 5 heteroatoms. The second kappa shape index (κ2) is 8.25. The first-order valence-electron chi connectivity index (χ1n) is 7.19. The lowest BCUT2D eigenvalue weighted by molar-refractivity contribution is -0.112. The molecule has 2 aromatic carbocycles. The van der Waals surface area contributed by atoms with Crippen LogP contribution in [0.25, 0.3) is 0 Å². The number of anilines is 2. The minimum Gasteiger partial charge on any atom is -0.494 e. The Morgan fingerprint density at radius 1 is 1.13 bits per heavy atom. The van der Waals surface area contributed by atoms with Crippen molar-refractivity contribution in [3.8, 4) is 11.8 Å². The van der Waals surface area contributed by atoms with Gasteiger partial charge in [-0.15, -0.1) is 0 Å². The molecule has 0 atom stereocenters. The van der Waals surface area contributed by atoms with Crippen LogP contribution >= 0.6 is 0 Å². The van der Waals surface area contributed by atoms with Crippen molar-refractivity contribution in [2.45, 2.75) is 6.92 Å². The zero-order chi connectivity index (χ0) is 16.5. The Bertz CT molecular complexity index is 716. The number of para-hydroxylation sites is 1. The number of amides is 1. The van der Waals surface area contributed by atoms with E-state index in [1.54, 1.807) is 24.3 Å². The number of hydrogen-bond donors (Lipinski definition) is 2. The zero-order valence-corrected chi connectivity index (χ0v) is 12.7. The summed E-state index contributed by atoms with van der Waals surface area (Å²) in [6.45, 7) is 2.48. The van der Waals surface area contributed by atoms with Crippen molar-refractivity contribution in [3.63, 3.8) is 0 Å². The summed E-state index contributed by atoms with van der Waals surface area (Å²) in [6, 6.07) is 18.2. The van der Waals surface area contributed by atoms with Gasteiger partial charge in [0.25, 0.3) is 5.91 Å². The van der Waals surface area contributed by atoms with Crippen LogP contribution in [0.15, 0.2) is 66.4 Å². The van der Waals surface area contributed by atoms with Gasteiger partial charge in [0.1, 0.15) is 17.4 Å². The minimum atomic E-state index is -0.472. The maximum absolute atomic E-state index is 12.1. The van der Waals surface area contributed by atoms with E-state index in [-0.39, 0.29) is 5.57 Å². The number of benzene rings is 2. The van der Waals surface area contributed by atoms with Crippen LogP contribution in [0, 0.1) is 11.3 Å². The molecule has 23 heavy (non-hydrogen) atoms. The van der Waals surface area contributed by atoms with Gasteiger partial charge in [-0.2, -0.15) is 5.26 Å². The molecule has 0 saturated heterocycles. The molecule has 2 N–H and O–H groups in total. The van der Waals surface area contributed by atoms with Crippen LogP contribution in [0.5, 0.6) is 5.75 Å². The number of hydrogen-bond acceptors (Lipinski definition) is 4. The van der Waals surface area contributed by atoms with Gasteiger partial charge in [-0.1, -0.05) is 18.2 Å². The number of rotatable bonds is 6. The van der Waals surface area contributed by atoms with Crippen LogP contribution < -0.4 is 15.4 Å². The van der Waals surface area contributed by atoms with E-state index >= 15 is 0 Å². The lowest BCUT2D eigenvalue weighted by Crippen LogP contribution is -2.14. The number of ether oxygens (including phenoxy) is 1. The fraction of sp³-hybridized carbons (Fsp3) is 0.111. The van der Waals surface area contributed by atoms with Crippen LogP contribution in [0.3, 0.4) is 0 Å². The van der Waals surface area contributed by atoms with Gasteiger partial charge in [-0.25, -0.2) is 0 Å². The first-order chi connectivity index (χ1) is 11.2. The van der Waals surface area contributed by atoms with E-state index in [9.17, 15) is 4.79 Å². The molecule has 2 rings (SSSR count). The summed E-state index contributed by atoms with van der Waals surface area (Å²) in [5.74, 6) is 0.257. The first kappa shape index (κ1) is 16.1. The normalized spacial score (nSPS) is 10.5. The summed E-state index contributed by atoms with van der Waals surface area (Å²) in [5.41, 5.74) is 1.39. The van der Waals surface area contributed by atoms with E-state index in [2.05, 4.69) is 10.6 Å². The molecule has 0 unspecified atom stereocenters. The van der Waals surface area contributed by atoms with Gasteiger partial charge in [0, 0.05) is 17.6 Å². The molecule has 0 saturated carbocycles. The van der Waals surface area contributed by atoms with Crippen molar-refractivity contribution in [3.05, 3.63) is 66.4 Å². The van der Waals surface area contributed by atoms with Gasteiger partial charge in [0.05, 0.1) is 6.61 Å². The maximum atomic E-state index is 12.1. The van der Waals surface area contributed by atoms with Crippen LogP contribution in [-0.4, -0.2) is 12.5 Å². The summed E-state index contributed by atoms with van der Waals surface area (Å²) in [5, 5.41) is 14.7. The summed E-state index contributed by atoms with van der Waals surface area (Å²) in [6.07, 6.45) is 1.39. The maximum Gasteiger partial charge on any atom is 0.267 e. The summed E-state index contributed by atoms with van der Waals surface area (Å²) < 4.78 is 5.34. The van der Waals surface area contributed by atoms with Crippen LogP contribution in [0.4, 0.5) is 11.4 Å². The SMILES string of the molecule is CCOc1ccc(NC(=O)/C(C#N)=C\Nc2ccccc2)cc1. The second-order valence-electron chi connectivity index (χ2n) is 4.59. The molecule has 0 heterocycles. The van der Waals surface area contributed by atoms with Crippen molar-refractivity contribution < 1.29 is 9.53 Å². The Labute approximate surface area is 135 Å². The van der Waals surface area contributed by atoms with Gasteiger partial charge in [-0.3, -0.25) is 4.79 Å². The number of nitriles is 1. The second-order valence-corrected chi connectivity index (χ2v) is 4.59. The highest BCUT2D eigenvalue weighted by Crippen LogP contribution is 2.16. The third kappa shape index (κ3) is 4.90. The average Bonchev–Trinajstić information content (AvgIpc) is 2.58. The van der Waals surface area contributed by atoms with Gasteiger partial charge < -0.3 is 15.4 Å². The number of carbonyl (C=O) groups excluding carboxylic acids is 1. The molecule has 0 radical (unpaired) electrons. The number of carbonyl (C=O) groups is 1. The molecule has 5 nitrogen and oxygen atoms in total. The Morgan fingerprint density at radius 3 is 2.43 bits per heavy atom. The van der Waals surface area contributed by atoms with Crippen LogP contribution in [0.1, 0.15) is 6.92 Å². The molecular formula is C18H17N3O2. The third-order valence-electron chi connectivity index (χ3n) is 2.95. The molecule has 0 aromatic heterocycles. The third-order valence-corrected chi connectivity index (χ3v) is 2.95. The zero-order valence-electron chi connectivity index (χ0n) is 12.7. The molecule has 116 valence electrons. The topological polar surface area (TPSA) is 74.1 Å². The average molecular weight is 307 g/mol. The highest BCUT2D eigenvalue weighted by molar-refractivity contribution is 6.06. The smallest absolute Gasteiger partial charge is 0.267 e. The van der Waals surface area contributed by atoms with Crippen molar-refractivity contribution in [2.24, 2.45) is 0 Å². The van der Waals surface area contributed by atoms with Crippen LogP contribution in [0.2, 0.25) is 0 Å². The Kier molecular flexibility index (Phi) is 5.78. The standard InChI is InChI=1S/C18H17N3O2/c1-2-23-17-10-8-16(9-11-17)21-18(22)14(12-19)13-20-15-6-4-3-5-7-15/h3-11,13,20H,2H2,1H3,(H,21,22)/b14-13-. The number of nitrogens with zero attached hydrogens (tertiary/aromatic N) is 1. The Balaban J connectivity index is 2.01. The van der Waals surface area contributed by atoms with Crippen molar-refractivity contribution in [1.29, 1.82) is 5.26 Å². The largest absolute Gasteiger partial charge is 0.494 e. The number of nitrogens with one attached hydrogen (secondary N) is 2. The highest BCUT2D eigenvalue weighted by Gasteiger charge is 2.09. The van der Waals surface area contributed by atoms with E-state index < -0.39 is 5.91 Å². The fourth-order valence-electron chi connectivity index (χ4n) is 1.84. The first-order valence-corrected chi connectivity index (χ1v) is 7.19. The van der Waals surface area contributed by atoms with E-state index in [0.29, 0.717) is 12.3 Å². The Morgan fingerprint density at radius 2 is 1.83 bits per heavy atom. The minimum absolute atomic E-state index is 0.0114. The predicted molar refractivity (Wildman–Crippen MR) is 90.0 cm³/mol. The fourth-order valence-corrected chi connectivity index (χ4v) is 1.84. The van der Waals surface area contributed by atoms with Gasteiger partial charge in [-0.05, 0) is 43.3 Å². The summed E-state index contributed by atoms with van der Waals surface area (Å²) >= 11 is 0. The molecule has 0 spiro atoms. The van der Waals surface area contributed by atoms with Gasteiger partial charge >= 0.3 is 0 Å². The lowest BCUT2D eigenvalue weighted by Gasteiger charge is -2.07. The Hall–Kier alpha value is -3.26. The van der Waals surface area contributed by atoms with Crippen molar-refractivity contribution in [1.82, 2.24) is 0 Å². The molecule has 0 aliphatic rings. The van der Waals surface area contributed by atoms with E-state index in [4.69, 9.17) is 10.00 Å². The van der Waals surface area contributed by atoms with Gasteiger partial charge in [0.15, 0.2) is 0 Å². The van der Waals surface area contributed by atoms with Crippen molar-refractivity contribution >= 4 is 17.3 Å². The van der Waals surface area contributed by atoms with Gasteiger partial charge in [0.2, 0.25) is 0 Å². The molecule has 0 aliphatic heterocycles. The molecular weight excluding hydrogens is 290 g/mol. The highest BCUT2D eigenvalue weighted by atomic mass is 16.5. The van der Waals surface area contributed by atoms with Crippen LogP contribution in [-0.2, 0) is 4.79 Å². The molecule has 0 aliphatic carbocycles. The molecule has 1 amide bonds. The summed E-state index contributed by atoms with van der Waals surface area (Å²) in [4.78, 5) is 12.1. The molecule has 2 aromatic rings. The van der Waals surface area contributed by atoms with E-state index in [1.165, 1.54) is 6.20 Å². The monoisotopic (exact) mass is 307 g/mol. The van der Waals surface area contributed by atoms with Crippen molar-refractivity contribution in [2.75, 3.05) is 17.2 Å². The molecule has 0 bridgehead atoms. The quantitative estimate of drug-likeness (QED) is 0.632. The lowest BCUT2D eigenvalue weighted by atomic mass is 10.2. The predicted octanol–water partition coefficient (Wildman–Crippen LogP) is 3.54.